The highest BCUT2D eigenvalue weighted by Crippen LogP contribution is 2.70. The third-order valence-electron chi connectivity index (χ3n) is 17.1. The molecule has 6 N–H and O–H groups in total. The van der Waals surface area contributed by atoms with Gasteiger partial charge in [0.15, 0.2) is 22.8 Å². The number of carbonyl (C=O) groups is 5. The van der Waals surface area contributed by atoms with Crippen molar-refractivity contribution < 1.29 is 77.6 Å². The highest BCUT2D eigenvalue weighted by atomic mass is 16.7. The molecule has 1 spiro atoms. The lowest BCUT2D eigenvalue weighted by molar-refractivity contribution is -0.277. The third kappa shape index (κ3) is 11.1. The molecule has 3 aliphatic carbocycles. The summed E-state index contributed by atoms with van der Waals surface area (Å²) >= 11 is 0. The second-order valence-corrected chi connectivity index (χ2v) is 24.0. The van der Waals surface area contributed by atoms with Gasteiger partial charge in [0.1, 0.15) is 78.1 Å². The van der Waals surface area contributed by atoms with E-state index in [9.17, 15) is 34.8 Å². The Labute approximate surface area is 478 Å². The van der Waals surface area contributed by atoms with Crippen LogP contribution in [0, 0.1) is 17.8 Å². The minimum Gasteiger partial charge on any atom is -0.482 e. The van der Waals surface area contributed by atoms with Crippen molar-refractivity contribution in [2.75, 3.05) is 6.61 Å². The lowest BCUT2D eigenvalue weighted by Crippen LogP contribution is -2.82. The summed E-state index contributed by atoms with van der Waals surface area (Å²) in [7, 11) is 0. The van der Waals surface area contributed by atoms with Gasteiger partial charge in [-0.1, -0.05) is 90.0 Å². The van der Waals surface area contributed by atoms with Crippen molar-refractivity contribution in [3.63, 3.8) is 0 Å². The van der Waals surface area contributed by atoms with Crippen LogP contribution in [0.4, 0.5) is 0 Å². The zero-order chi connectivity index (χ0) is 59.2. The highest BCUT2D eigenvalue weighted by Gasteiger charge is 2.85. The minimum absolute atomic E-state index is 0.00165. The number of ether oxygens (including phenoxy) is 7. The Bertz CT molecular complexity index is 3070. The number of rotatable bonds is 20. The fraction of sp³-hybridized carbons (Fsp3) is 0.516. The smallest absolute Gasteiger partial charge is 0.328 e. The van der Waals surface area contributed by atoms with E-state index in [4.69, 9.17) is 33.2 Å². The number of hydrogen-bond acceptors (Lipinski definition) is 17. The number of allylic oxidation sites excluding steroid dienone is 4. The van der Waals surface area contributed by atoms with E-state index in [2.05, 4.69) is 16.7 Å². The Morgan fingerprint density at radius 2 is 1.41 bits per heavy atom. The van der Waals surface area contributed by atoms with Crippen LogP contribution in [0.5, 0.6) is 17.2 Å². The van der Waals surface area contributed by atoms with Crippen LogP contribution < -0.4 is 24.8 Å². The van der Waals surface area contributed by atoms with Gasteiger partial charge in [-0.25, -0.2) is 4.79 Å². The Morgan fingerprint density at radius 3 is 2.02 bits per heavy atom. The molecule has 4 heterocycles. The first-order chi connectivity index (χ1) is 38.9. The molecule has 18 nitrogen and oxygen atoms in total. The molecule has 1 amide bonds. The SMILES string of the molecule is CC(C)=CCCC1(C)C=Cc2c(c(CC=C(C)C)c3c(c2O[C@@H]2O[C@H](CO)[C@@H](O)[C@@H](O)[C@H]2O)C(=O)C2C(NC(C)C(=O)OCc4ccccc4)C4CC5C(C)(C)OC(CC=C(C)C(=O)NC(C)C(=O)OCc6ccccc6)(C4=O)C25O3)O1. The number of carbonyl (C=O) groups excluding carboxylic acids is 5. The van der Waals surface area contributed by atoms with E-state index in [0.717, 1.165) is 22.3 Å². The van der Waals surface area contributed by atoms with E-state index in [0.29, 0.717) is 18.4 Å². The Hall–Kier alpha value is -6.51. The number of hydrogen-bond donors (Lipinski definition) is 6. The number of esters is 2. The average Bonchev–Trinajstić information content (AvgIpc) is 1.37. The van der Waals surface area contributed by atoms with Crippen molar-refractivity contribution in [1.82, 2.24) is 10.6 Å². The normalized spacial score (nSPS) is 30.8. The van der Waals surface area contributed by atoms with E-state index in [1.165, 1.54) is 6.92 Å². The highest BCUT2D eigenvalue weighted by molar-refractivity contribution is 6.11. The molecule has 4 aliphatic heterocycles. The number of aliphatic hydroxyl groups is 4. The number of nitrogens with one attached hydrogen (secondary N) is 2. The molecule has 7 aliphatic rings. The quantitative estimate of drug-likeness (QED) is 0.0393. The first kappa shape index (κ1) is 60.1. The van der Waals surface area contributed by atoms with E-state index < -0.39 is 125 Å². The summed E-state index contributed by atoms with van der Waals surface area (Å²) in [6.07, 6.45) is 1.86. The summed E-state index contributed by atoms with van der Waals surface area (Å²) in [6, 6.07) is 15.0. The predicted octanol–water partition coefficient (Wildman–Crippen LogP) is 6.66. The van der Waals surface area contributed by atoms with Gasteiger partial charge in [0.25, 0.3) is 0 Å². The van der Waals surface area contributed by atoms with E-state index in [1.54, 1.807) is 26.0 Å². The molecular formula is C64H78N2O16. The molecule has 18 heteroatoms. The van der Waals surface area contributed by atoms with Gasteiger partial charge in [0.2, 0.25) is 12.2 Å². The van der Waals surface area contributed by atoms with E-state index >= 15 is 9.59 Å². The summed E-state index contributed by atoms with van der Waals surface area (Å²) < 4.78 is 46.1. The van der Waals surface area contributed by atoms with Crippen molar-refractivity contribution in [2.45, 2.75) is 186 Å². The first-order valence-corrected chi connectivity index (χ1v) is 28.3. The average molecular weight is 1130 g/mol. The molecule has 3 saturated carbocycles. The molecule has 9 unspecified atom stereocenters. The van der Waals surface area contributed by atoms with Gasteiger partial charge in [-0.2, -0.15) is 0 Å². The van der Waals surface area contributed by atoms with Crippen LogP contribution in [-0.4, -0.2) is 128 Å². The van der Waals surface area contributed by atoms with Gasteiger partial charge in [-0.05, 0) is 118 Å². The molecular weight excluding hydrogens is 1050 g/mol. The molecule has 10 rings (SSSR count). The molecule has 0 radical (unpaired) electrons. The van der Waals surface area contributed by atoms with Crippen LogP contribution >= 0.6 is 0 Å². The summed E-state index contributed by atoms with van der Waals surface area (Å²) in [5.41, 5.74) is -1.66. The van der Waals surface area contributed by atoms with Gasteiger partial charge in [-0.15, -0.1) is 0 Å². The van der Waals surface area contributed by atoms with E-state index in [-0.39, 0.29) is 66.4 Å². The van der Waals surface area contributed by atoms with Crippen LogP contribution in [0.1, 0.15) is 128 Å². The van der Waals surface area contributed by atoms with Crippen molar-refractivity contribution in [2.24, 2.45) is 17.8 Å². The maximum atomic E-state index is 16.8. The number of benzene rings is 3. The Balaban J connectivity index is 1.20. The van der Waals surface area contributed by atoms with Crippen LogP contribution in [0.2, 0.25) is 0 Å². The second-order valence-electron chi connectivity index (χ2n) is 24.0. The summed E-state index contributed by atoms with van der Waals surface area (Å²) in [5, 5.41) is 49.9. The standard InChI is InChI=1S/C64H78N2O16/c1-34(2)18-17-27-62(10)28-26-42-53(80-62)41(24-23-35(3)4)55-46(54(42)79-60-52(71)51(70)49(68)44(31-67)78-60)50(69)47-48(65-37(6)58(74)76-32-39-19-13-11-14-20-39)43-30-45-61(8,9)82-63(56(43)72,64(45,47)81-55)29-25-36(5)57(73)66-38(7)59(75)77-33-40-21-15-12-16-22-40/h11-16,18-23,25-26,28,37-38,43-45,47-49,51-52,60,65,67-68,70-71H,17,24,27,29-33H2,1-10H3,(H,66,73)/t37?,38?,43?,44-,45?,47?,48?,49-,51-,52-,60+,62?,63?,64?/m1/s1. The van der Waals surface area contributed by atoms with Gasteiger partial charge in [0.05, 0.1) is 23.7 Å². The number of ketones is 2. The molecule has 14 atom stereocenters. The first-order valence-electron chi connectivity index (χ1n) is 28.3. The number of amides is 1. The lowest BCUT2D eigenvalue weighted by Gasteiger charge is -2.63. The monoisotopic (exact) mass is 1130 g/mol. The van der Waals surface area contributed by atoms with Gasteiger partial charge in [0, 0.05) is 35.4 Å². The number of fused-ring (bicyclic) bond motifs is 2. The fourth-order valence-corrected chi connectivity index (χ4v) is 12.8. The summed E-state index contributed by atoms with van der Waals surface area (Å²) in [5.74, 6) is -5.83. The maximum Gasteiger partial charge on any atom is 0.328 e. The summed E-state index contributed by atoms with van der Waals surface area (Å²) in [4.78, 5) is 74.1. The maximum absolute atomic E-state index is 16.8. The Morgan fingerprint density at radius 1 is 0.793 bits per heavy atom. The van der Waals surface area contributed by atoms with Crippen molar-refractivity contribution in [3.8, 4) is 17.2 Å². The van der Waals surface area contributed by atoms with Gasteiger partial charge >= 0.3 is 11.9 Å². The molecule has 3 aromatic carbocycles. The molecule has 440 valence electrons. The topological polar surface area (TPSA) is 255 Å². The Kier molecular flexibility index (Phi) is 17.3. The van der Waals surface area contributed by atoms with Crippen LogP contribution in [-0.2, 0) is 57.8 Å². The van der Waals surface area contributed by atoms with Crippen LogP contribution in [0.25, 0.3) is 6.08 Å². The molecule has 4 bridgehead atoms. The third-order valence-corrected chi connectivity index (χ3v) is 17.1. The minimum atomic E-state index is -1.97. The zero-order valence-corrected chi connectivity index (χ0v) is 48.4. The molecule has 5 fully saturated rings. The molecule has 0 aromatic heterocycles. The second kappa shape index (κ2) is 23.6. The molecule has 2 saturated heterocycles. The number of Topliss-reactive ketones (excluding diaryl/α,β-unsaturated/α-hetero) is 2. The van der Waals surface area contributed by atoms with Crippen LogP contribution in [0.3, 0.4) is 0 Å². The molecule has 82 heavy (non-hydrogen) atoms. The van der Waals surface area contributed by atoms with Crippen molar-refractivity contribution in [3.05, 3.63) is 130 Å². The van der Waals surface area contributed by atoms with Gasteiger partial charge in [-0.3, -0.25) is 19.2 Å². The van der Waals surface area contributed by atoms with Crippen molar-refractivity contribution >= 4 is 35.5 Å². The van der Waals surface area contributed by atoms with Gasteiger partial charge < -0.3 is 64.2 Å². The molecule has 3 aromatic rings. The van der Waals surface area contributed by atoms with E-state index in [1.807, 2.05) is 121 Å². The predicted molar refractivity (Wildman–Crippen MR) is 301 cm³/mol. The van der Waals surface area contributed by atoms with Crippen LogP contribution in [0.15, 0.2) is 102 Å². The summed E-state index contributed by atoms with van der Waals surface area (Å²) in [6.45, 7) is 17.4. The largest absolute Gasteiger partial charge is 0.482 e. The zero-order valence-electron chi connectivity index (χ0n) is 48.4. The number of aliphatic hydroxyl groups excluding tert-OH is 4. The lowest BCUT2D eigenvalue weighted by atomic mass is 9.45. The van der Waals surface area contributed by atoms with Crippen molar-refractivity contribution in [1.29, 1.82) is 0 Å². The fourth-order valence-electron chi connectivity index (χ4n) is 12.8.